The molecule has 4 nitrogen and oxygen atoms in total. The molecule has 110 valence electrons. The van der Waals surface area contributed by atoms with Gasteiger partial charge in [0, 0.05) is 11.1 Å². The van der Waals surface area contributed by atoms with Crippen molar-refractivity contribution in [2.45, 2.75) is 27.2 Å². The number of rotatable bonds is 6. The topological polar surface area (TPSA) is 44.8 Å². The Labute approximate surface area is 120 Å². The highest BCUT2D eigenvalue weighted by molar-refractivity contribution is 5.87. The van der Waals surface area contributed by atoms with Crippen LogP contribution in [0.1, 0.15) is 25.0 Å². The number of aryl methyl sites for hydroxylation is 1. The van der Waals surface area contributed by atoms with Gasteiger partial charge in [0.25, 0.3) is 0 Å². The lowest BCUT2D eigenvalue weighted by molar-refractivity contribution is -0.138. The molecule has 4 heteroatoms. The van der Waals surface area contributed by atoms with Gasteiger partial charge in [0.2, 0.25) is 0 Å². The van der Waals surface area contributed by atoms with E-state index in [1.165, 1.54) is 0 Å². The van der Waals surface area contributed by atoms with Crippen LogP contribution in [0.15, 0.2) is 23.8 Å². The molecule has 0 atom stereocenters. The van der Waals surface area contributed by atoms with E-state index in [9.17, 15) is 4.79 Å². The lowest BCUT2D eigenvalue weighted by Gasteiger charge is -2.12. The van der Waals surface area contributed by atoms with Crippen LogP contribution >= 0.6 is 0 Å². The molecule has 0 amide bonds. The van der Waals surface area contributed by atoms with Crippen molar-refractivity contribution < 1.29 is 19.0 Å². The van der Waals surface area contributed by atoms with Crippen molar-refractivity contribution in [1.82, 2.24) is 0 Å². The maximum Gasteiger partial charge on any atom is 0.333 e. The molecule has 0 saturated heterocycles. The molecule has 0 heterocycles. The molecule has 0 aliphatic heterocycles. The van der Waals surface area contributed by atoms with E-state index in [1.54, 1.807) is 28.1 Å². The molecule has 0 unspecified atom stereocenters. The first-order valence-corrected chi connectivity index (χ1v) is 6.58. The Morgan fingerprint density at radius 2 is 1.95 bits per heavy atom. The first kappa shape index (κ1) is 16.1. The fourth-order valence-corrected chi connectivity index (χ4v) is 1.96. The molecule has 0 radical (unpaired) electrons. The van der Waals surface area contributed by atoms with Crippen molar-refractivity contribution in [3.8, 4) is 11.5 Å². The zero-order valence-corrected chi connectivity index (χ0v) is 12.8. The monoisotopic (exact) mass is 278 g/mol. The van der Waals surface area contributed by atoms with Crippen molar-refractivity contribution >= 4 is 5.97 Å². The van der Waals surface area contributed by atoms with Gasteiger partial charge in [-0.1, -0.05) is 6.08 Å². The molecule has 0 aliphatic rings. The Morgan fingerprint density at radius 1 is 1.25 bits per heavy atom. The summed E-state index contributed by atoms with van der Waals surface area (Å²) >= 11 is 0. The van der Waals surface area contributed by atoms with Crippen LogP contribution in [0, 0.1) is 6.92 Å². The van der Waals surface area contributed by atoms with Gasteiger partial charge >= 0.3 is 5.97 Å². The molecule has 0 aromatic heterocycles. The lowest BCUT2D eigenvalue weighted by atomic mass is 10.0. The highest BCUT2D eigenvalue weighted by Crippen LogP contribution is 2.29. The van der Waals surface area contributed by atoms with Gasteiger partial charge in [-0.2, -0.15) is 0 Å². The third kappa shape index (κ3) is 4.02. The first-order chi connectivity index (χ1) is 9.53. The van der Waals surface area contributed by atoms with Crippen LogP contribution in [0.4, 0.5) is 0 Å². The second kappa shape index (κ2) is 7.58. The van der Waals surface area contributed by atoms with Crippen molar-refractivity contribution in [2.75, 3.05) is 20.8 Å². The van der Waals surface area contributed by atoms with Crippen molar-refractivity contribution in [3.05, 3.63) is 34.9 Å². The lowest BCUT2D eigenvalue weighted by Crippen LogP contribution is -2.05. The molecule has 0 bridgehead atoms. The number of esters is 1. The Morgan fingerprint density at radius 3 is 2.50 bits per heavy atom. The van der Waals surface area contributed by atoms with E-state index in [0.29, 0.717) is 18.6 Å². The minimum absolute atomic E-state index is 0.286. The Kier molecular flexibility index (Phi) is 6.10. The molecular weight excluding hydrogens is 256 g/mol. The fraction of sp³-hybridized carbons (Fsp3) is 0.438. The van der Waals surface area contributed by atoms with Gasteiger partial charge in [-0.05, 0) is 44.9 Å². The average Bonchev–Trinajstić information content (AvgIpc) is 2.44. The van der Waals surface area contributed by atoms with Crippen LogP contribution < -0.4 is 9.47 Å². The van der Waals surface area contributed by atoms with Gasteiger partial charge in [0.15, 0.2) is 0 Å². The van der Waals surface area contributed by atoms with Gasteiger partial charge < -0.3 is 14.2 Å². The number of allylic oxidation sites excluding steroid dienone is 1. The Balaban J connectivity index is 2.99. The van der Waals surface area contributed by atoms with Crippen molar-refractivity contribution in [3.63, 3.8) is 0 Å². The van der Waals surface area contributed by atoms with Crippen molar-refractivity contribution in [1.29, 1.82) is 0 Å². The SMILES string of the molecule is CCOC(=O)/C(C)=C\Cc1cc(OC)cc(C)c1OC. The second-order valence-corrected chi connectivity index (χ2v) is 4.45. The molecule has 0 aliphatic carbocycles. The van der Waals surface area contributed by atoms with E-state index in [4.69, 9.17) is 14.2 Å². The first-order valence-electron chi connectivity index (χ1n) is 6.58. The Bertz CT molecular complexity index is 503. The van der Waals surface area contributed by atoms with Crippen LogP contribution in [-0.2, 0) is 16.0 Å². The largest absolute Gasteiger partial charge is 0.497 e. The number of ether oxygens (including phenoxy) is 3. The van der Waals surface area contributed by atoms with Gasteiger partial charge in [-0.25, -0.2) is 4.79 Å². The molecule has 0 saturated carbocycles. The van der Waals surface area contributed by atoms with E-state index < -0.39 is 0 Å². The summed E-state index contributed by atoms with van der Waals surface area (Å²) in [5.74, 6) is 1.31. The normalized spacial score (nSPS) is 11.2. The molecule has 1 rings (SSSR count). The molecule has 20 heavy (non-hydrogen) atoms. The molecular formula is C16H22O4. The number of carbonyl (C=O) groups excluding carboxylic acids is 1. The summed E-state index contributed by atoms with van der Waals surface area (Å²) in [7, 11) is 3.27. The average molecular weight is 278 g/mol. The molecule has 0 spiro atoms. The molecule has 0 fully saturated rings. The van der Waals surface area contributed by atoms with Crippen LogP contribution in [0.3, 0.4) is 0 Å². The molecule has 0 N–H and O–H groups in total. The minimum Gasteiger partial charge on any atom is -0.497 e. The van der Waals surface area contributed by atoms with Gasteiger partial charge in [0.05, 0.1) is 20.8 Å². The van der Waals surface area contributed by atoms with E-state index in [-0.39, 0.29) is 5.97 Å². The van der Waals surface area contributed by atoms with Gasteiger partial charge in [0.1, 0.15) is 11.5 Å². The number of hydrogen-bond donors (Lipinski definition) is 0. The van der Waals surface area contributed by atoms with Crippen LogP contribution in [0.25, 0.3) is 0 Å². The number of benzene rings is 1. The predicted octanol–water partition coefficient (Wildman–Crippen LogP) is 3.06. The van der Waals surface area contributed by atoms with Crippen LogP contribution in [0.2, 0.25) is 0 Å². The van der Waals surface area contributed by atoms with E-state index in [1.807, 2.05) is 25.1 Å². The summed E-state index contributed by atoms with van der Waals surface area (Å²) in [6, 6.07) is 3.84. The van der Waals surface area contributed by atoms with E-state index >= 15 is 0 Å². The summed E-state index contributed by atoms with van der Waals surface area (Å²) in [6.45, 7) is 5.88. The molecule has 1 aromatic carbocycles. The number of carbonyl (C=O) groups is 1. The zero-order chi connectivity index (χ0) is 15.1. The highest BCUT2D eigenvalue weighted by Gasteiger charge is 2.10. The van der Waals surface area contributed by atoms with Gasteiger partial charge in [-0.15, -0.1) is 0 Å². The summed E-state index contributed by atoms with van der Waals surface area (Å²) in [5, 5.41) is 0. The smallest absolute Gasteiger partial charge is 0.333 e. The fourth-order valence-electron chi connectivity index (χ4n) is 1.96. The van der Waals surface area contributed by atoms with Crippen LogP contribution in [-0.4, -0.2) is 26.8 Å². The third-order valence-electron chi connectivity index (χ3n) is 2.99. The highest BCUT2D eigenvalue weighted by atomic mass is 16.5. The third-order valence-corrected chi connectivity index (χ3v) is 2.99. The quantitative estimate of drug-likeness (QED) is 0.592. The standard InChI is InChI=1S/C16H22O4/c1-6-20-16(17)11(2)7-8-13-10-14(18-4)9-12(3)15(13)19-5/h7,9-10H,6,8H2,1-5H3/b11-7-. The predicted molar refractivity (Wildman–Crippen MR) is 78.4 cm³/mol. The second-order valence-electron chi connectivity index (χ2n) is 4.45. The maximum atomic E-state index is 11.6. The zero-order valence-electron chi connectivity index (χ0n) is 12.8. The maximum absolute atomic E-state index is 11.6. The van der Waals surface area contributed by atoms with Crippen molar-refractivity contribution in [2.24, 2.45) is 0 Å². The number of hydrogen-bond acceptors (Lipinski definition) is 4. The summed E-state index contributed by atoms with van der Waals surface area (Å²) in [5.41, 5.74) is 2.58. The number of methoxy groups -OCH3 is 2. The summed E-state index contributed by atoms with van der Waals surface area (Å²) in [4.78, 5) is 11.6. The Hall–Kier alpha value is -1.97. The summed E-state index contributed by atoms with van der Waals surface area (Å²) < 4.78 is 15.6. The van der Waals surface area contributed by atoms with E-state index in [0.717, 1.165) is 22.6 Å². The van der Waals surface area contributed by atoms with E-state index in [2.05, 4.69) is 0 Å². The van der Waals surface area contributed by atoms with Gasteiger partial charge in [-0.3, -0.25) is 0 Å². The minimum atomic E-state index is -0.286. The summed E-state index contributed by atoms with van der Waals surface area (Å²) in [6.07, 6.45) is 2.43. The van der Waals surface area contributed by atoms with Crippen LogP contribution in [0.5, 0.6) is 11.5 Å². The molecule has 1 aromatic rings.